The van der Waals surface area contributed by atoms with Crippen molar-refractivity contribution in [1.82, 2.24) is 10.2 Å². The van der Waals surface area contributed by atoms with E-state index in [0.29, 0.717) is 12.8 Å². The van der Waals surface area contributed by atoms with E-state index in [-0.39, 0.29) is 18.3 Å². The number of rotatable bonds is 7. The maximum Gasteiger partial charge on any atom is 0.222 e. The first-order valence-corrected chi connectivity index (χ1v) is 6.19. The lowest BCUT2D eigenvalue weighted by Crippen LogP contribution is -2.32. The summed E-state index contributed by atoms with van der Waals surface area (Å²) in [6, 6.07) is 7.82. The predicted molar refractivity (Wildman–Crippen MR) is 80.1 cm³/mol. The van der Waals surface area contributed by atoms with Gasteiger partial charge in [-0.1, -0.05) is 18.2 Å². The van der Waals surface area contributed by atoms with Crippen LogP contribution in [0.1, 0.15) is 12.0 Å². The molecule has 108 valence electrons. The topological polar surface area (TPSA) is 41.6 Å². The Balaban J connectivity index is 0.00000324. The molecule has 0 saturated carbocycles. The van der Waals surface area contributed by atoms with Crippen LogP contribution in [0.3, 0.4) is 0 Å². The van der Waals surface area contributed by atoms with Crippen LogP contribution in [0.15, 0.2) is 24.3 Å². The number of aryl methyl sites for hydroxylation is 1. The van der Waals surface area contributed by atoms with Crippen LogP contribution in [0.4, 0.5) is 0 Å². The lowest BCUT2D eigenvalue weighted by atomic mass is 10.1. The summed E-state index contributed by atoms with van der Waals surface area (Å²) in [5.74, 6) is 1.01. The Kier molecular flexibility index (Phi) is 9.00. The molecule has 1 aromatic rings. The molecule has 0 unspecified atom stereocenters. The van der Waals surface area contributed by atoms with Crippen LogP contribution in [0, 0.1) is 0 Å². The van der Waals surface area contributed by atoms with E-state index in [2.05, 4.69) is 5.32 Å². The zero-order valence-electron chi connectivity index (χ0n) is 11.8. The Labute approximate surface area is 121 Å². The molecule has 19 heavy (non-hydrogen) atoms. The Morgan fingerprint density at radius 1 is 1.37 bits per heavy atom. The second-order valence-electron chi connectivity index (χ2n) is 4.23. The van der Waals surface area contributed by atoms with Crippen LogP contribution < -0.4 is 10.1 Å². The summed E-state index contributed by atoms with van der Waals surface area (Å²) in [6.45, 7) is 1.55. The highest BCUT2D eigenvalue weighted by atomic mass is 35.5. The fourth-order valence-corrected chi connectivity index (χ4v) is 1.75. The van der Waals surface area contributed by atoms with Gasteiger partial charge in [-0.2, -0.15) is 0 Å². The summed E-state index contributed by atoms with van der Waals surface area (Å²) >= 11 is 0. The number of carbonyl (C=O) groups excluding carboxylic acids is 1. The number of nitrogens with one attached hydrogen (secondary N) is 1. The molecular weight excluding hydrogens is 264 g/mol. The number of hydrogen-bond donors (Lipinski definition) is 1. The summed E-state index contributed by atoms with van der Waals surface area (Å²) < 4.78 is 5.27. The third kappa shape index (κ3) is 5.94. The molecule has 5 heteroatoms. The van der Waals surface area contributed by atoms with Crippen molar-refractivity contribution in [2.24, 2.45) is 0 Å². The maximum absolute atomic E-state index is 11.9. The number of nitrogens with zero attached hydrogens (tertiary/aromatic N) is 1. The number of methoxy groups -OCH3 is 1. The van der Waals surface area contributed by atoms with Crippen molar-refractivity contribution in [2.75, 3.05) is 34.3 Å². The Morgan fingerprint density at radius 2 is 2.05 bits per heavy atom. The van der Waals surface area contributed by atoms with Crippen molar-refractivity contribution in [1.29, 1.82) is 0 Å². The van der Waals surface area contributed by atoms with Gasteiger partial charge < -0.3 is 15.0 Å². The molecule has 0 saturated heterocycles. The molecule has 0 aromatic heterocycles. The molecule has 0 aliphatic heterocycles. The van der Waals surface area contributed by atoms with Gasteiger partial charge in [0.2, 0.25) is 5.91 Å². The molecule has 0 aliphatic rings. The van der Waals surface area contributed by atoms with E-state index in [9.17, 15) is 4.79 Å². The Hall–Kier alpha value is -1.26. The van der Waals surface area contributed by atoms with Gasteiger partial charge in [-0.3, -0.25) is 4.79 Å². The highest BCUT2D eigenvalue weighted by Gasteiger charge is 2.09. The van der Waals surface area contributed by atoms with Crippen LogP contribution in [0.25, 0.3) is 0 Å². The molecule has 0 bridgehead atoms. The summed E-state index contributed by atoms with van der Waals surface area (Å²) in [5.41, 5.74) is 1.08. The van der Waals surface area contributed by atoms with Crippen molar-refractivity contribution in [3.05, 3.63) is 29.8 Å². The maximum atomic E-state index is 11.9. The number of amides is 1. The van der Waals surface area contributed by atoms with Gasteiger partial charge in [0.25, 0.3) is 0 Å². The van der Waals surface area contributed by atoms with Crippen molar-refractivity contribution >= 4 is 18.3 Å². The average Bonchev–Trinajstić information content (AvgIpc) is 2.42. The van der Waals surface area contributed by atoms with Gasteiger partial charge in [0.15, 0.2) is 0 Å². The molecule has 0 radical (unpaired) electrons. The highest BCUT2D eigenvalue weighted by molar-refractivity contribution is 5.85. The van der Waals surface area contributed by atoms with E-state index in [1.807, 2.05) is 38.4 Å². The van der Waals surface area contributed by atoms with Crippen LogP contribution in [-0.2, 0) is 11.2 Å². The molecule has 0 aliphatic carbocycles. The number of hydrogen-bond acceptors (Lipinski definition) is 3. The number of carbonyl (C=O) groups is 1. The minimum Gasteiger partial charge on any atom is -0.496 e. The summed E-state index contributed by atoms with van der Waals surface area (Å²) in [7, 11) is 5.37. The SMILES string of the molecule is CNCCN(C)C(=O)CCc1ccccc1OC.Cl. The molecule has 0 fully saturated rings. The van der Waals surface area contributed by atoms with Gasteiger partial charge in [-0.25, -0.2) is 0 Å². The minimum atomic E-state index is 0. The van der Waals surface area contributed by atoms with Crippen molar-refractivity contribution in [3.63, 3.8) is 0 Å². The van der Waals surface area contributed by atoms with E-state index >= 15 is 0 Å². The van der Waals surface area contributed by atoms with Crippen LogP contribution in [0.5, 0.6) is 5.75 Å². The number of benzene rings is 1. The predicted octanol–water partition coefficient (Wildman–Crippen LogP) is 1.73. The van der Waals surface area contributed by atoms with Gasteiger partial charge >= 0.3 is 0 Å². The van der Waals surface area contributed by atoms with Gasteiger partial charge in [-0.15, -0.1) is 12.4 Å². The number of para-hydroxylation sites is 1. The second kappa shape index (κ2) is 9.64. The van der Waals surface area contributed by atoms with Gasteiger partial charge in [0.05, 0.1) is 7.11 Å². The lowest BCUT2D eigenvalue weighted by molar-refractivity contribution is -0.129. The summed E-state index contributed by atoms with van der Waals surface area (Å²) in [5, 5.41) is 3.03. The summed E-state index contributed by atoms with van der Waals surface area (Å²) in [6.07, 6.45) is 1.23. The Morgan fingerprint density at radius 3 is 2.68 bits per heavy atom. The van der Waals surface area contributed by atoms with E-state index < -0.39 is 0 Å². The zero-order chi connectivity index (χ0) is 13.4. The molecule has 1 aromatic carbocycles. The highest BCUT2D eigenvalue weighted by Crippen LogP contribution is 2.18. The molecule has 4 nitrogen and oxygen atoms in total. The molecule has 0 atom stereocenters. The van der Waals surface area contributed by atoms with Crippen LogP contribution in [-0.4, -0.2) is 45.1 Å². The van der Waals surface area contributed by atoms with E-state index in [1.54, 1.807) is 12.0 Å². The molecular formula is C14H23ClN2O2. The van der Waals surface area contributed by atoms with Crippen molar-refractivity contribution in [3.8, 4) is 5.75 Å². The molecule has 1 amide bonds. The quantitative estimate of drug-likeness (QED) is 0.830. The third-order valence-electron chi connectivity index (χ3n) is 2.92. The average molecular weight is 287 g/mol. The van der Waals surface area contributed by atoms with Crippen LogP contribution >= 0.6 is 12.4 Å². The molecule has 1 rings (SSSR count). The summed E-state index contributed by atoms with van der Waals surface area (Å²) in [4.78, 5) is 13.6. The number of likely N-dealkylation sites (N-methyl/N-ethyl adjacent to an activating group) is 2. The fourth-order valence-electron chi connectivity index (χ4n) is 1.75. The molecule has 0 heterocycles. The molecule has 0 spiro atoms. The van der Waals surface area contributed by atoms with Gasteiger partial charge in [0, 0.05) is 26.6 Å². The van der Waals surface area contributed by atoms with Gasteiger partial charge in [0.1, 0.15) is 5.75 Å². The fraction of sp³-hybridized carbons (Fsp3) is 0.500. The van der Waals surface area contributed by atoms with Crippen molar-refractivity contribution < 1.29 is 9.53 Å². The van der Waals surface area contributed by atoms with Gasteiger partial charge in [-0.05, 0) is 25.1 Å². The first kappa shape index (κ1) is 17.7. The van der Waals surface area contributed by atoms with E-state index in [4.69, 9.17) is 4.74 Å². The number of ether oxygens (including phenoxy) is 1. The Bertz CT molecular complexity index is 385. The monoisotopic (exact) mass is 286 g/mol. The number of halogens is 1. The lowest BCUT2D eigenvalue weighted by Gasteiger charge is -2.17. The van der Waals surface area contributed by atoms with Crippen molar-refractivity contribution in [2.45, 2.75) is 12.8 Å². The standard InChI is InChI=1S/C14H22N2O2.ClH/c1-15-10-11-16(2)14(17)9-8-12-6-4-5-7-13(12)18-3;/h4-7,15H,8-11H2,1-3H3;1H. The largest absolute Gasteiger partial charge is 0.496 e. The van der Waals surface area contributed by atoms with E-state index in [0.717, 1.165) is 24.4 Å². The second-order valence-corrected chi connectivity index (χ2v) is 4.23. The minimum absolute atomic E-state index is 0. The molecule has 1 N–H and O–H groups in total. The van der Waals surface area contributed by atoms with Crippen LogP contribution in [0.2, 0.25) is 0 Å². The third-order valence-corrected chi connectivity index (χ3v) is 2.92. The first-order chi connectivity index (χ1) is 8.69. The zero-order valence-corrected chi connectivity index (χ0v) is 12.6. The van der Waals surface area contributed by atoms with E-state index in [1.165, 1.54) is 0 Å². The smallest absolute Gasteiger partial charge is 0.222 e. The first-order valence-electron chi connectivity index (χ1n) is 6.19. The normalized spacial score (nSPS) is 9.63.